The van der Waals surface area contributed by atoms with E-state index in [2.05, 4.69) is 30.9 Å². The summed E-state index contributed by atoms with van der Waals surface area (Å²) in [5.41, 5.74) is 7.48. The van der Waals surface area contributed by atoms with Crippen molar-refractivity contribution < 1.29 is 4.74 Å². The molecule has 2 N–H and O–H groups in total. The Bertz CT molecular complexity index is 375. The van der Waals surface area contributed by atoms with Crippen LogP contribution in [0.2, 0.25) is 0 Å². The van der Waals surface area contributed by atoms with Crippen molar-refractivity contribution in [3.05, 3.63) is 29.8 Å². The molecule has 3 unspecified atom stereocenters. The second-order valence-corrected chi connectivity index (χ2v) is 5.47. The molecular weight excluding hydrogens is 224 g/mol. The van der Waals surface area contributed by atoms with E-state index in [0.29, 0.717) is 6.04 Å². The topological polar surface area (TPSA) is 38.5 Å². The third-order valence-corrected chi connectivity index (χ3v) is 3.80. The number of rotatable bonds is 4. The van der Waals surface area contributed by atoms with Gasteiger partial charge in [0.15, 0.2) is 0 Å². The summed E-state index contributed by atoms with van der Waals surface area (Å²) in [6, 6.07) is 8.77. The quantitative estimate of drug-likeness (QED) is 0.889. The van der Waals surface area contributed by atoms with E-state index in [4.69, 9.17) is 10.5 Å². The maximum atomic E-state index is 6.19. The van der Waals surface area contributed by atoms with E-state index in [-0.39, 0.29) is 6.04 Å². The molecule has 1 aromatic carbocycles. The zero-order valence-corrected chi connectivity index (χ0v) is 11.6. The van der Waals surface area contributed by atoms with Crippen LogP contribution in [0.3, 0.4) is 0 Å². The van der Waals surface area contributed by atoms with Crippen LogP contribution < -0.4 is 10.5 Å². The number of methoxy groups -OCH3 is 1. The highest BCUT2D eigenvalue weighted by molar-refractivity contribution is 5.30. The minimum atomic E-state index is 0.142. The third-order valence-electron chi connectivity index (χ3n) is 3.80. The van der Waals surface area contributed by atoms with Crippen LogP contribution >= 0.6 is 0 Å². The van der Waals surface area contributed by atoms with Gasteiger partial charge in [-0.25, -0.2) is 0 Å². The summed E-state index contributed by atoms with van der Waals surface area (Å²) < 4.78 is 5.21. The lowest BCUT2D eigenvalue weighted by Gasteiger charge is -2.31. The molecular formula is C15H24N2O. The van der Waals surface area contributed by atoms with Crippen LogP contribution in [0.5, 0.6) is 5.75 Å². The van der Waals surface area contributed by atoms with Crippen molar-refractivity contribution in [3.63, 3.8) is 0 Å². The molecule has 18 heavy (non-hydrogen) atoms. The summed E-state index contributed by atoms with van der Waals surface area (Å²) >= 11 is 0. The third kappa shape index (κ3) is 2.85. The first-order valence-corrected chi connectivity index (χ1v) is 6.75. The molecule has 3 heteroatoms. The van der Waals surface area contributed by atoms with Crippen LogP contribution in [0, 0.1) is 5.92 Å². The second kappa shape index (κ2) is 5.72. The standard InChI is InChI=1S/C15H24N2O/c1-11-8-9-17(10-11)15(12(2)16)13-4-6-14(18-3)7-5-13/h4-7,11-12,15H,8-10,16H2,1-3H3. The predicted molar refractivity (Wildman–Crippen MR) is 74.7 cm³/mol. The zero-order valence-electron chi connectivity index (χ0n) is 11.6. The Labute approximate surface area is 110 Å². The molecule has 1 aliphatic rings. The first kappa shape index (κ1) is 13.4. The maximum absolute atomic E-state index is 6.19. The van der Waals surface area contributed by atoms with Gasteiger partial charge in [-0.15, -0.1) is 0 Å². The minimum absolute atomic E-state index is 0.142. The largest absolute Gasteiger partial charge is 0.497 e. The number of benzene rings is 1. The van der Waals surface area contributed by atoms with E-state index in [1.165, 1.54) is 12.0 Å². The molecule has 0 spiro atoms. The van der Waals surface area contributed by atoms with Crippen LogP contribution in [0.15, 0.2) is 24.3 Å². The number of nitrogens with zero attached hydrogens (tertiary/aromatic N) is 1. The van der Waals surface area contributed by atoms with Crippen LogP contribution in [0.25, 0.3) is 0 Å². The molecule has 1 saturated heterocycles. The molecule has 3 nitrogen and oxygen atoms in total. The minimum Gasteiger partial charge on any atom is -0.497 e. The Morgan fingerprint density at radius 1 is 1.33 bits per heavy atom. The highest BCUT2D eigenvalue weighted by atomic mass is 16.5. The van der Waals surface area contributed by atoms with Crippen molar-refractivity contribution in [2.45, 2.75) is 32.4 Å². The van der Waals surface area contributed by atoms with E-state index < -0.39 is 0 Å². The van der Waals surface area contributed by atoms with Crippen LogP contribution in [0.4, 0.5) is 0 Å². The van der Waals surface area contributed by atoms with E-state index >= 15 is 0 Å². The highest BCUT2D eigenvalue weighted by Gasteiger charge is 2.29. The Balaban J connectivity index is 2.18. The first-order chi connectivity index (χ1) is 8.61. The summed E-state index contributed by atoms with van der Waals surface area (Å²) in [4.78, 5) is 2.51. The summed E-state index contributed by atoms with van der Waals surface area (Å²) in [7, 11) is 1.69. The van der Waals surface area contributed by atoms with Gasteiger partial charge in [0.1, 0.15) is 5.75 Å². The van der Waals surface area contributed by atoms with Gasteiger partial charge < -0.3 is 10.5 Å². The van der Waals surface area contributed by atoms with Gasteiger partial charge in [-0.05, 0) is 43.5 Å². The van der Waals surface area contributed by atoms with Gasteiger partial charge in [-0.3, -0.25) is 4.90 Å². The molecule has 2 rings (SSSR count). The van der Waals surface area contributed by atoms with Crippen LogP contribution in [-0.4, -0.2) is 31.1 Å². The van der Waals surface area contributed by atoms with Crippen molar-refractivity contribution in [2.75, 3.05) is 20.2 Å². The smallest absolute Gasteiger partial charge is 0.118 e. The van der Waals surface area contributed by atoms with E-state index in [0.717, 1.165) is 24.8 Å². The van der Waals surface area contributed by atoms with Gasteiger partial charge in [-0.2, -0.15) is 0 Å². The molecule has 1 aromatic rings. The summed E-state index contributed by atoms with van der Waals surface area (Å²) in [6.07, 6.45) is 1.28. The average Bonchev–Trinajstić information content (AvgIpc) is 2.76. The molecule has 0 radical (unpaired) electrons. The Kier molecular flexibility index (Phi) is 4.25. The Hall–Kier alpha value is -1.06. The van der Waals surface area contributed by atoms with Gasteiger partial charge in [-0.1, -0.05) is 19.1 Å². The first-order valence-electron chi connectivity index (χ1n) is 6.75. The van der Waals surface area contributed by atoms with Crippen LogP contribution in [0.1, 0.15) is 31.9 Å². The molecule has 100 valence electrons. The monoisotopic (exact) mass is 248 g/mol. The van der Waals surface area contributed by atoms with Crippen molar-refractivity contribution in [3.8, 4) is 5.75 Å². The van der Waals surface area contributed by atoms with Crippen molar-refractivity contribution in [1.82, 2.24) is 4.90 Å². The van der Waals surface area contributed by atoms with Gasteiger partial charge >= 0.3 is 0 Å². The molecule has 0 aliphatic carbocycles. The Morgan fingerprint density at radius 3 is 2.44 bits per heavy atom. The number of likely N-dealkylation sites (tertiary alicyclic amines) is 1. The summed E-state index contributed by atoms with van der Waals surface area (Å²) in [5, 5.41) is 0. The number of hydrogen-bond donors (Lipinski definition) is 1. The van der Waals surface area contributed by atoms with Gasteiger partial charge in [0.2, 0.25) is 0 Å². The van der Waals surface area contributed by atoms with E-state index in [1.54, 1.807) is 7.11 Å². The molecule has 3 atom stereocenters. The average molecular weight is 248 g/mol. The van der Waals surface area contributed by atoms with Gasteiger partial charge in [0.25, 0.3) is 0 Å². The lowest BCUT2D eigenvalue weighted by atomic mass is 9.99. The maximum Gasteiger partial charge on any atom is 0.118 e. The van der Waals surface area contributed by atoms with Gasteiger partial charge in [0.05, 0.1) is 7.11 Å². The van der Waals surface area contributed by atoms with Crippen molar-refractivity contribution >= 4 is 0 Å². The summed E-state index contributed by atoms with van der Waals surface area (Å²) in [5.74, 6) is 1.68. The zero-order chi connectivity index (χ0) is 13.1. The lowest BCUT2D eigenvalue weighted by molar-refractivity contribution is 0.213. The van der Waals surface area contributed by atoms with Crippen LogP contribution in [-0.2, 0) is 0 Å². The second-order valence-electron chi connectivity index (χ2n) is 5.47. The predicted octanol–water partition coefficient (Wildman–Crippen LogP) is 2.43. The van der Waals surface area contributed by atoms with E-state index in [9.17, 15) is 0 Å². The normalized spacial score (nSPS) is 23.9. The lowest BCUT2D eigenvalue weighted by Crippen LogP contribution is -2.38. The number of hydrogen-bond acceptors (Lipinski definition) is 3. The Morgan fingerprint density at radius 2 is 2.00 bits per heavy atom. The van der Waals surface area contributed by atoms with Crippen molar-refractivity contribution in [1.29, 1.82) is 0 Å². The highest BCUT2D eigenvalue weighted by Crippen LogP contribution is 2.30. The fourth-order valence-electron chi connectivity index (χ4n) is 2.87. The van der Waals surface area contributed by atoms with Crippen molar-refractivity contribution in [2.24, 2.45) is 11.7 Å². The van der Waals surface area contributed by atoms with Gasteiger partial charge in [0, 0.05) is 18.6 Å². The molecule has 0 bridgehead atoms. The molecule has 0 amide bonds. The molecule has 0 aromatic heterocycles. The molecule has 1 aliphatic heterocycles. The number of nitrogens with two attached hydrogens (primary N) is 1. The fraction of sp³-hybridized carbons (Fsp3) is 0.600. The SMILES string of the molecule is COc1ccc(C(C(C)N)N2CCC(C)C2)cc1. The molecule has 1 fully saturated rings. The molecule has 0 saturated carbocycles. The fourth-order valence-corrected chi connectivity index (χ4v) is 2.87. The van der Waals surface area contributed by atoms with E-state index in [1.807, 2.05) is 12.1 Å². The molecule has 1 heterocycles. The summed E-state index contributed by atoms with van der Waals surface area (Å²) in [6.45, 7) is 6.71. The number of ether oxygens (including phenoxy) is 1.